The number of sulfonamides is 1. The molecule has 0 spiro atoms. The van der Waals surface area contributed by atoms with Gasteiger partial charge in [0.2, 0.25) is 10.0 Å². The van der Waals surface area contributed by atoms with Crippen molar-refractivity contribution in [1.29, 1.82) is 5.26 Å². The molecule has 1 fully saturated rings. The van der Waals surface area contributed by atoms with E-state index in [4.69, 9.17) is 5.26 Å². The Labute approximate surface area is 91.9 Å². The van der Waals surface area contributed by atoms with Crippen molar-refractivity contribution in [2.24, 2.45) is 5.92 Å². The highest BCUT2D eigenvalue weighted by Gasteiger charge is 2.31. The minimum Gasteiger partial charge on any atom is -0.211 e. The van der Waals surface area contributed by atoms with Crippen molar-refractivity contribution in [2.45, 2.75) is 37.9 Å². The van der Waals surface area contributed by atoms with E-state index >= 15 is 0 Å². The van der Waals surface area contributed by atoms with Crippen LogP contribution < -0.4 is 0 Å². The number of nitrogens with zero attached hydrogens (tertiary/aromatic N) is 2. The molecular formula is C10H18N2O2S. The van der Waals surface area contributed by atoms with Crippen molar-refractivity contribution >= 4 is 10.0 Å². The largest absolute Gasteiger partial charge is 0.230 e. The fraction of sp³-hybridized carbons (Fsp3) is 0.900. The van der Waals surface area contributed by atoms with Crippen molar-refractivity contribution in [3.05, 3.63) is 0 Å². The van der Waals surface area contributed by atoms with Crippen molar-refractivity contribution in [1.82, 2.24) is 4.31 Å². The van der Waals surface area contributed by atoms with Gasteiger partial charge < -0.3 is 0 Å². The molecule has 0 amide bonds. The second-order valence-electron chi connectivity index (χ2n) is 4.15. The summed E-state index contributed by atoms with van der Waals surface area (Å²) in [5.74, 6) is 0.501. The maximum atomic E-state index is 11.9. The fourth-order valence-corrected chi connectivity index (χ4v) is 3.14. The molecule has 0 heterocycles. The summed E-state index contributed by atoms with van der Waals surface area (Å²) in [6.07, 6.45) is 3.79. The Bertz CT molecular complexity index is 341. The molecule has 1 atom stereocenters. The third-order valence-corrected chi connectivity index (χ3v) is 5.22. The van der Waals surface area contributed by atoms with E-state index in [1.54, 1.807) is 14.0 Å². The summed E-state index contributed by atoms with van der Waals surface area (Å²) in [6, 6.07) is 1.85. The van der Waals surface area contributed by atoms with Gasteiger partial charge in [-0.05, 0) is 25.2 Å². The van der Waals surface area contributed by atoms with E-state index in [1.165, 1.54) is 10.7 Å². The van der Waals surface area contributed by atoms with Crippen LogP contribution in [0.25, 0.3) is 0 Å². The van der Waals surface area contributed by atoms with Gasteiger partial charge in [-0.15, -0.1) is 0 Å². The molecule has 1 unspecified atom stereocenters. The molecule has 0 aromatic carbocycles. The van der Waals surface area contributed by atoms with Gasteiger partial charge in [-0.3, -0.25) is 0 Å². The van der Waals surface area contributed by atoms with Crippen LogP contribution in [-0.2, 0) is 10.0 Å². The Morgan fingerprint density at radius 1 is 1.53 bits per heavy atom. The molecule has 1 aliphatic rings. The Kier molecular flexibility index (Phi) is 4.12. The quantitative estimate of drug-likeness (QED) is 0.716. The Balaban J connectivity index is 2.63. The topological polar surface area (TPSA) is 61.2 Å². The third-order valence-electron chi connectivity index (χ3n) is 3.05. The molecule has 1 saturated carbocycles. The zero-order valence-corrected chi connectivity index (χ0v) is 10.1. The molecule has 1 rings (SSSR count). The highest BCUT2D eigenvalue weighted by Crippen LogP contribution is 2.28. The van der Waals surface area contributed by atoms with Gasteiger partial charge in [0.15, 0.2) is 5.25 Å². The molecule has 0 aromatic rings. The summed E-state index contributed by atoms with van der Waals surface area (Å²) in [7, 11) is -1.82. The summed E-state index contributed by atoms with van der Waals surface area (Å²) < 4.78 is 25.1. The zero-order valence-electron chi connectivity index (χ0n) is 9.31. The molecule has 0 radical (unpaired) electrons. The van der Waals surface area contributed by atoms with E-state index < -0.39 is 15.3 Å². The lowest BCUT2D eigenvalue weighted by Gasteiger charge is -2.30. The SMILES string of the molecule is CCC(C#N)S(=O)(=O)N(C)CC1CCC1. The van der Waals surface area contributed by atoms with E-state index in [-0.39, 0.29) is 0 Å². The van der Waals surface area contributed by atoms with Crippen LogP contribution in [0.5, 0.6) is 0 Å². The second kappa shape index (κ2) is 4.95. The van der Waals surface area contributed by atoms with Crippen LogP contribution >= 0.6 is 0 Å². The highest BCUT2D eigenvalue weighted by molar-refractivity contribution is 7.89. The van der Waals surface area contributed by atoms with Gasteiger partial charge in [-0.1, -0.05) is 13.3 Å². The normalized spacial score (nSPS) is 19.6. The summed E-state index contributed by atoms with van der Waals surface area (Å²) in [4.78, 5) is 0. The van der Waals surface area contributed by atoms with Crippen LogP contribution in [0.4, 0.5) is 0 Å². The average molecular weight is 230 g/mol. The summed E-state index contributed by atoms with van der Waals surface area (Å²) in [6.45, 7) is 2.29. The van der Waals surface area contributed by atoms with Crippen LogP contribution in [-0.4, -0.2) is 31.6 Å². The van der Waals surface area contributed by atoms with Crippen molar-refractivity contribution < 1.29 is 8.42 Å². The van der Waals surface area contributed by atoms with E-state index in [0.717, 1.165) is 12.8 Å². The predicted molar refractivity (Wildman–Crippen MR) is 58.6 cm³/mol. The monoisotopic (exact) mass is 230 g/mol. The average Bonchev–Trinajstić information content (AvgIpc) is 2.12. The van der Waals surface area contributed by atoms with Crippen LogP contribution in [0.2, 0.25) is 0 Å². The minimum atomic E-state index is -3.40. The molecule has 0 saturated heterocycles. The van der Waals surface area contributed by atoms with Gasteiger partial charge >= 0.3 is 0 Å². The lowest BCUT2D eigenvalue weighted by atomic mass is 9.86. The van der Waals surface area contributed by atoms with Crippen LogP contribution in [0.1, 0.15) is 32.6 Å². The molecule has 4 nitrogen and oxygen atoms in total. The maximum Gasteiger partial charge on any atom is 0.230 e. The smallest absolute Gasteiger partial charge is 0.211 e. The van der Waals surface area contributed by atoms with Crippen molar-refractivity contribution in [3.63, 3.8) is 0 Å². The van der Waals surface area contributed by atoms with E-state index in [9.17, 15) is 8.42 Å². The Hall–Kier alpha value is -0.600. The van der Waals surface area contributed by atoms with Gasteiger partial charge in [-0.2, -0.15) is 5.26 Å². The highest BCUT2D eigenvalue weighted by atomic mass is 32.2. The molecule has 5 heteroatoms. The van der Waals surface area contributed by atoms with Gasteiger partial charge in [0.1, 0.15) is 0 Å². The lowest BCUT2D eigenvalue weighted by molar-refractivity contribution is 0.262. The first kappa shape index (κ1) is 12.5. The number of hydrogen-bond donors (Lipinski definition) is 0. The third kappa shape index (κ3) is 2.70. The maximum absolute atomic E-state index is 11.9. The number of hydrogen-bond acceptors (Lipinski definition) is 3. The first-order chi connectivity index (χ1) is 7.02. The molecule has 15 heavy (non-hydrogen) atoms. The van der Waals surface area contributed by atoms with Crippen molar-refractivity contribution in [2.75, 3.05) is 13.6 Å². The first-order valence-corrected chi connectivity index (χ1v) is 6.87. The molecule has 0 bridgehead atoms. The van der Waals surface area contributed by atoms with Gasteiger partial charge in [0.25, 0.3) is 0 Å². The number of rotatable bonds is 5. The van der Waals surface area contributed by atoms with Gasteiger partial charge in [0, 0.05) is 13.6 Å². The number of nitriles is 1. The fourth-order valence-electron chi connectivity index (χ4n) is 1.73. The zero-order chi connectivity index (χ0) is 11.5. The summed E-state index contributed by atoms with van der Waals surface area (Å²) in [5.41, 5.74) is 0. The van der Waals surface area contributed by atoms with E-state index in [0.29, 0.717) is 18.9 Å². The molecular weight excluding hydrogens is 212 g/mol. The van der Waals surface area contributed by atoms with E-state index in [2.05, 4.69) is 0 Å². The van der Waals surface area contributed by atoms with Gasteiger partial charge in [-0.25, -0.2) is 12.7 Å². The lowest BCUT2D eigenvalue weighted by Crippen LogP contribution is -2.39. The minimum absolute atomic E-state index is 0.355. The molecule has 0 aliphatic heterocycles. The predicted octanol–water partition coefficient (Wildman–Crippen LogP) is 1.35. The van der Waals surface area contributed by atoms with Crippen LogP contribution in [0.3, 0.4) is 0 Å². The van der Waals surface area contributed by atoms with E-state index in [1.807, 2.05) is 6.07 Å². The summed E-state index contributed by atoms with van der Waals surface area (Å²) in [5, 5.41) is 7.87. The van der Waals surface area contributed by atoms with Gasteiger partial charge in [0.05, 0.1) is 6.07 Å². The molecule has 1 aliphatic carbocycles. The first-order valence-electron chi connectivity index (χ1n) is 5.37. The standard InChI is InChI=1S/C10H18N2O2S/c1-3-10(7-11)15(13,14)12(2)8-9-5-4-6-9/h9-10H,3-6,8H2,1-2H3. The molecule has 0 N–H and O–H groups in total. The Morgan fingerprint density at radius 3 is 2.47 bits per heavy atom. The molecule has 0 aromatic heterocycles. The summed E-state index contributed by atoms with van der Waals surface area (Å²) >= 11 is 0. The second-order valence-corrected chi connectivity index (χ2v) is 6.37. The Morgan fingerprint density at radius 2 is 2.13 bits per heavy atom. The molecule has 86 valence electrons. The van der Waals surface area contributed by atoms with Crippen LogP contribution in [0.15, 0.2) is 0 Å². The van der Waals surface area contributed by atoms with Crippen LogP contribution in [0, 0.1) is 17.2 Å². The van der Waals surface area contributed by atoms with Crippen molar-refractivity contribution in [3.8, 4) is 6.07 Å².